The van der Waals surface area contributed by atoms with Gasteiger partial charge in [-0.15, -0.1) is 0 Å². The van der Waals surface area contributed by atoms with Crippen LogP contribution in [-0.4, -0.2) is 69.8 Å². The first-order valence-corrected chi connectivity index (χ1v) is 11.4. The molecule has 1 unspecified atom stereocenters. The Kier molecular flexibility index (Phi) is 6.11. The summed E-state index contributed by atoms with van der Waals surface area (Å²) in [6.07, 6.45) is 3.07. The van der Waals surface area contributed by atoms with E-state index in [1.54, 1.807) is 12.4 Å². The molecule has 5 atom stereocenters. The number of ether oxygens (including phenoxy) is 1. The first-order valence-electron chi connectivity index (χ1n) is 11.4. The minimum Gasteiger partial charge on any atom is -0.491 e. The van der Waals surface area contributed by atoms with Gasteiger partial charge in [0.1, 0.15) is 18.5 Å². The summed E-state index contributed by atoms with van der Waals surface area (Å²) in [7, 11) is 0. The molecule has 0 spiro atoms. The summed E-state index contributed by atoms with van der Waals surface area (Å²) in [6, 6.07) is 16.3. The van der Waals surface area contributed by atoms with Gasteiger partial charge in [-0.1, -0.05) is 18.2 Å². The maximum absolute atomic E-state index is 10.5. The molecule has 1 aliphatic carbocycles. The number of hydrogen-bond donors (Lipinski definition) is 3. The summed E-state index contributed by atoms with van der Waals surface area (Å²) in [4.78, 5) is 6.31. The SMILES string of the molecule is OC(COc1ccc2cc(-c3ccncc3)ccc2c1)CN1C[C@H]2C[C@H](O)[C@H](O)C[C@H]2C1. The Hall–Kier alpha value is -2.51. The quantitative estimate of drug-likeness (QED) is 0.553. The van der Waals surface area contributed by atoms with Gasteiger partial charge in [0.05, 0.1) is 12.2 Å². The van der Waals surface area contributed by atoms with Gasteiger partial charge in [0.25, 0.3) is 0 Å². The van der Waals surface area contributed by atoms with E-state index in [4.69, 9.17) is 4.74 Å². The fourth-order valence-corrected chi connectivity index (χ4v) is 5.23. The van der Waals surface area contributed by atoms with E-state index in [2.05, 4.69) is 28.1 Å². The van der Waals surface area contributed by atoms with E-state index < -0.39 is 18.3 Å². The molecule has 2 aliphatic rings. The lowest BCUT2D eigenvalue weighted by molar-refractivity contribution is -0.0372. The zero-order valence-corrected chi connectivity index (χ0v) is 18.0. The average molecular weight is 435 g/mol. The van der Waals surface area contributed by atoms with E-state index in [0.29, 0.717) is 31.2 Å². The molecular weight excluding hydrogens is 404 g/mol. The van der Waals surface area contributed by atoms with Crippen LogP contribution in [0.3, 0.4) is 0 Å². The third-order valence-electron chi connectivity index (χ3n) is 6.92. The largest absolute Gasteiger partial charge is 0.491 e. The lowest BCUT2D eigenvalue weighted by Crippen LogP contribution is -2.38. The summed E-state index contributed by atoms with van der Waals surface area (Å²) in [5.74, 6) is 1.55. The molecule has 0 amide bonds. The third-order valence-corrected chi connectivity index (χ3v) is 6.92. The Labute approximate surface area is 188 Å². The van der Waals surface area contributed by atoms with Crippen LogP contribution in [-0.2, 0) is 0 Å². The first-order chi connectivity index (χ1) is 15.5. The second-order valence-corrected chi connectivity index (χ2v) is 9.27. The molecule has 1 saturated heterocycles. The van der Waals surface area contributed by atoms with Crippen molar-refractivity contribution in [3.8, 4) is 16.9 Å². The summed E-state index contributed by atoms with van der Waals surface area (Å²) in [6.45, 7) is 2.50. The highest BCUT2D eigenvalue weighted by molar-refractivity contribution is 5.88. The molecule has 32 heavy (non-hydrogen) atoms. The Morgan fingerprint density at radius 1 is 0.875 bits per heavy atom. The van der Waals surface area contributed by atoms with Crippen LogP contribution in [0.25, 0.3) is 21.9 Å². The minimum atomic E-state index is -0.613. The van der Waals surface area contributed by atoms with Crippen molar-refractivity contribution in [3.05, 3.63) is 60.9 Å². The fourth-order valence-electron chi connectivity index (χ4n) is 5.23. The zero-order valence-electron chi connectivity index (χ0n) is 18.0. The monoisotopic (exact) mass is 434 g/mol. The maximum atomic E-state index is 10.5. The number of aliphatic hydroxyl groups excluding tert-OH is 3. The van der Waals surface area contributed by atoms with Gasteiger partial charge >= 0.3 is 0 Å². The Morgan fingerprint density at radius 2 is 1.53 bits per heavy atom. The minimum absolute atomic E-state index is 0.234. The number of pyridine rings is 1. The lowest BCUT2D eigenvalue weighted by atomic mass is 9.79. The van der Waals surface area contributed by atoms with Crippen molar-refractivity contribution in [2.45, 2.75) is 31.2 Å². The predicted octanol–water partition coefficient (Wildman–Crippen LogP) is 2.71. The molecule has 3 N–H and O–H groups in total. The smallest absolute Gasteiger partial charge is 0.120 e. The van der Waals surface area contributed by atoms with E-state index in [-0.39, 0.29) is 6.61 Å². The van der Waals surface area contributed by atoms with E-state index in [0.717, 1.165) is 40.7 Å². The van der Waals surface area contributed by atoms with Crippen molar-refractivity contribution in [3.63, 3.8) is 0 Å². The highest BCUT2D eigenvalue weighted by atomic mass is 16.5. The molecule has 6 nitrogen and oxygen atoms in total. The number of likely N-dealkylation sites (tertiary alicyclic amines) is 1. The Balaban J connectivity index is 1.16. The maximum Gasteiger partial charge on any atom is 0.120 e. The van der Waals surface area contributed by atoms with Crippen molar-refractivity contribution in [2.24, 2.45) is 11.8 Å². The zero-order chi connectivity index (χ0) is 22.1. The molecule has 0 radical (unpaired) electrons. The highest BCUT2D eigenvalue weighted by Crippen LogP contribution is 2.36. The number of hydrogen-bond acceptors (Lipinski definition) is 6. The van der Waals surface area contributed by atoms with Gasteiger partial charge in [0, 0.05) is 32.0 Å². The van der Waals surface area contributed by atoms with Crippen molar-refractivity contribution in [2.75, 3.05) is 26.2 Å². The molecule has 168 valence electrons. The molecular formula is C26H30N2O4. The van der Waals surface area contributed by atoms with Crippen molar-refractivity contribution in [1.82, 2.24) is 9.88 Å². The van der Waals surface area contributed by atoms with Crippen LogP contribution in [0.15, 0.2) is 60.9 Å². The third kappa shape index (κ3) is 4.64. The topological polar surface area (TPSA) is 86.1 Å². The number of aromatic nitrogens is 1. The van der Waals surface area contributed by atoms with E-state index >= 15 is 0 Å². The second-order valence-electron chi connectivity index (χ2n) is 9.27. The molecule has 3 aromatic rings. The fraction of sp³-hybridized carbons (Fsp3) is 0.423. The summed E-state index contributed by atoms with van der Waals surface area (Å²) in [5.41, 5.74) is 2.28. The Morgan fingerprint density at radius 3 is 2.25 bits per heavy atom. The standard InChI is InChI=1S/C26H30N2O4/c29-23(15-28-13-21-11-25(30)26(31)12-22(21)14-28)16-32-24-4-3-19-9-18(1-2-20(19)10-24)17-5-7-27-8-6-17/h1-10,21-23,25-26,29-31H,11-16H2/t21-,22+,23?,25+,26-. The van der Waals surface area contributed by atoms with E-state index in [1.807, 2.05) is 30.3 Å². The van der Waals surface area contributed by atoms with Crippen LogP contribution in [0.5, 0.6) is 5.75 Å². The lowest BCUT2D eigenvalue weighted by Gasteiger charge is -2.32. The highest BCUT2D eigenvalue weighted by Gasteiger charge is 2.41. The first kappa shape index (κ1) is 21.3. The number of aliphatic hydroxyl groups is 3. The average Bonchev–Trinajstić information content (AvgIpc) is 3.18. The van der Waals surface area contributed by atoms with Crippen LogP contribution in [0.1, 0.15) is 12.8 Å². The van der Waals surface area contributed by atoms with Gasteiger partial charge in [-0.3, -0.25) is 4.98 Å². The second kappa shape index (κ2) is 9.16. The molecule has 1 aliphatic heterocycles. The van der Waals surface area contributed by atoms with Crippen molar-refractivity contribution >= 4 is 10.8 Å². The summed E-state index contributed by atoms with van der Waals surface area (Å²) >= 11 is 0. The molecule has 1 aromatic heterocycles. The van der Waals surface area contributed by atoms with Crippen molar-refractivity contribution in [1.29, 1.82) is 0 Å². The number of fused-ring (bicyclic) bond motifs is 2. The summed E-state index contributed by atoms with van der Waals surface area (Å²) < 4.78 is 5.89. The van der Waals surface area contributed by atoms with Crippen LogP contribution >= 0.6 is 0 Å². The van der Waals surface area contributed by atoms with Crippen LogP contribution < -0.4 is 4.74 Å². The molecule has 2 aromatic carbocycles. The summed E-state index contributed by atoms with van der Waals surface area (Å²) in [5, 5.41) is 32.6. The molecule has 6 heteroatoms. The number of nitrogens with zero attached hydrogens (tertiary/aromatic N) is 2. The predicted molar refractivity (Wildman–Crippen MR) is 123 cm³/mol. The number of β-amino-alcohol motifs (C(OH)–C–C–N with tert-alkyl or cyclic N) is 1. The Bertz CT molecular complexity index is 1040. The number of benzene rings is 2. The number of rotatable bonds is 6. The van der Waals surface area contributed by atoms with Crippen LogP contribution in [0.4, 0.5) is 0 Å². The van der Waals surface area contributed by atoms with Gasteiger partial charge in [-0.05, 0) is 76.9 Å². The van der Waals surface area contributed by atoms with E-state index in [9.17, 15) is 15.3 Å². The molecule has 2 fully saturated rings. The van der Waals surface area contributed by atoms with E-state index in [1.165, 1.54) is 0 Å². The molecule has 5 rings (SSSR count). The van der Waals surface area contributed by atoms with Gasteiger partial charge in [0.15, 0.2) is 0 Å². The van der Waals surface area contributed by atoms with Gasteiger partial charge < -0.3 is 25.0 Å². The van der Waals surface area contributed by atoms with Crippen LogP contribution in [0, 0.1) is 11.8 Å². The molecule has 1 saturated carbocycles. The molecule has 0 bridgehead atoms. The normalized spacial score (nSPS) is 26.7. The van der Waals surface area contributed by atoms with Crippen molar-refractivity contribution < 1.29 is 20.1 Å². The van der Waals surface area contributed by atoms with Crippen LogP contribution in [0.2, 0.25) is 0 Å². The van der Waals surface area contributed by atoms with Gasteiger partial charge in [-0.2, -0.15) is 0 Å². The molecule has 2 heterocycles. The van der Waals surface area contributed by atoms with Gasteiger partial charge in [-0.25, -0.2) is 0 Å². The van der Waals surface area contributed by atoms with Gasteiger partial charge in [0.2, 0.25) is 0 Å².